The van der Waals surface area contributed by atoms with Gasteiger partial charge in [-0.3, -0.25) is 0 Å². The van der Waals surface area contributed by atoms with E-state index in [0.717, 1.165) is 0 Å². The third kappa shape index (κ3) is 1.61. The Kier molecular flexibility index (Phi) is 2.73. The van der Waals surface area contributed by atoms with Crippen LogP contribution in [0.2, 0.25) is 0 Å². The molecule has 0 aromatic carbocycles. The minimum Gasteiger partial charge on any atom is -0.318 e. The number of halogens is 3. The summed E-state index contributed by atoms with van der Waals surface area (Å²) in [5.74, 6) is 0. The van der Waals surface area contributed by atoms with Crippen molar-refractivity contribution in [2.45, 2.75) is 12.5 Å². The lowest BCUT2D eigenvalue weighted by molar-refractivity contribution is 0.112. The number of aryl methyl sites for hydroxylation is 1. The number of hydrogen-bond acceptors (Lipinski definition) is 3. The Morgan fingerprint density at radius 1 is 1.58 bits per heavy atom. The van der Waals surface area contributed by atoms with E-state index in [1.54, 1.807) is 0 Å². The first-order valence-electron chi connectivity index (χ1n) is 3.13. The number of nitrogens with zero attached hydrogens (tertiary/aromatic N) is 3. The van der Waals surface area contributed by atoms with Crippen LogP contribution in [0.4, 0.5) is 8.78 Å². The van der Waals surface area contributed by atoms with Gasteiger partial charge in [-0.2, -0.15) is 0 Å². The standard InChI is InChI=1S/C5H7BrF2N4/c1-12-3(2(9)5(7)8)4(6)10-11-12/h2,5H,9H2,1H3. The van der Waals surface area contributed by atoms with E-state index in [9.17, 15) is 8.78 Å². The fourth-order valence-electron chi connectivity index (χ4n) is 0.812. The highest BCUT2D eigenvalue weighted by atomic mass is 79.9. The number of rotatable bonds is 2. The van der Waals surface area contributed by atoms with E-state index in [1.165, 1.54) is 11.7 Å². The molecule has 2 N–H and O–H groups in total. The Morgan fingerprint density at radius 3 is 2.50 bits per heavy atom. The fraction of sp³-hybridized carbons (Fsp3) is 0.600. The van der Waals surface area contributed by atoms with Gasteiger partial charge in [0, 0.05) is 7.05 Å². The smallest absolute Gasteiger partial charge is 0.259 e. The van der Waals surface area contributed by atoms with E-state index in [4.69, 9.17) is 5.73 Å². The lowest BCUT2D eigenvalue weighted by atomic mass is 10.2. The molecule has 1 rings (SSSR count). The van der Waals surface area contributed by atoms with E-state index >= 15 is 0 Å². The van der Waals surface area contributed by atoms with Gasteiger partial charge >= 0.3 is 0 Å². The van der Waals surface area contributed by atoms with Crippen molar-refractivity contribution in [3.05, 3.63) is 10.3 Å². The quantitative estimate of drug-likeness (QED) is 0.834. The molecule has 0 spiro atoms. The third-order valence-corrected chi connectivity index (χ3v) is 1.98. The molecule has 0 aliphatic carbocycles. The summed E-state index contributed by atoms with van der Waals surface area (Å²) in [7, 11) is 1.51. The lowest BCUT2D eigenvalue weighted by Gasteiger charge is -2.09. The van der Waals surface area contributed by atoms with Crippen molar-refractivity contribution in [1.82, 2.24) is 15.0 Å². The summed E-state index contributed by atoms with van der Waals surface area (Å²) in [5.41, 5.74) is 5.40. The summed E-state index contributed by atoms with van der Waals surface area (Å²) in [6.45, 7) is 0. The molecule has 0 fully saturated rings. The van der Waals surface area contributed by atoms with Crippen molar-refractivity contribution in [3.8, 4) is 0 Å². The molecule has 1 unspecified atom stereocenters. The molecule has 1 aromatic heterocycles. The largest absolute Gasteiger partial charge is 0.318 e. The minimum atomic E-state index is -2.61. The molecule has 68 valence electrons. The second-order valence-corrected chi connectivity index (χ2v) is 3.00. The molecule has 0 aliphatic rings. The van der Waals surface area contributed by atoms with Crippen LogP contribution in [0.1, 0.15) is 11.7 Å². The highest BCUT2D eigenvalue weighted by Crippen LogP contribution is 2.22. The van der Waals surface area contributed by atoms with E-state index in [0.29, 0.717) is 0 Å². The Labute approximate surface area is 75.9 Å². The molecule has 7 heteroatoms. The van der Waals surface area contributed by atoms with E-state index in [2.05, 4.69) is 26.2 Å². The molecular weight excluding hydrogens is 234 g/mol. The van der Waals surface area contributed by atoms with Gasteiger partial charge in [-0.15, -0.1) is 5.10 Å². The molecule has 0 radical (unpaired) electrons. The molecule has 12 heavy (non-hydrogen) atoms. The van der Waals surface area contributed by atoms with Crippen LogP contribution in [0, 0.1) is 0 Å². The zero-order valence-corrected chi connectivity index (χ0v) is 7.79. The first-order valence-corrected chi connectivity index (χ1v) is 3.92. The molecule has 0 amide bonds. The molecule has 0 bridgehead atoms. The summed E-state index contributed by atoms with van der Waals surface area (Å²) >= 11 is 2.98. The van der Waals surface area contributed by atoms with Crippen LogP contribution in [0.15, 0.2) is 4.60 Å². The maximum atomic E-state index is 12.1. The Hall–Kier alpha value is -0.560. The van der Waals surface area contributed by atoms with E-state index in [1.807, 2.05) is 0 Å². The van der Waals surface area contributed by atoms with Crippen molar-refractivity contribution in [2.24, 2.45) is 12.8 Å². The summed E-state index contributed by atoms with van der Waals surface area (Å²) in [6, 6.07) is -1.35. The van der Waals surface area contributed by atoms with Gasteiger partial charge in [0.15, 0.2) is 4.60 Å². The van der Waals surface area contributed by atoms with Crippen LogP contribution in [0.25, 0.3) is 0 Å². The average molecular weight is 241 g/mol. The highest BCUT2D eigenvalue weighted by Gasteiger charge is 2.24. The first-order chi connectivity index (χ1) is 5.54. The van der Waals surface area contributed by atoms with Crippen molar-refractivity contribution >= 4 is 15.9 Å². The van der Waals surface area contributed by atoms with Crippen LogP contribution in [0.3, 0.4) is 0 Å². The SMILES string of the molecule is Cn1nnc(Br)c1C(N)C(F)F. The van der Waals surface area contributed by atoms with Gasteiger partial charge < -0.3 is 5.73 Å². The number of aromatic nitrogens is 3. The third-order valence-electron chi connectivity index (χ3n) is 1.41. The predicted molar refractivity (Wildman–Crippen MR) is 41.6 cm³/mol. The lowest BCUT2D eigenvalue weighted by Crippen LogP contribution is -2.22. The Morgan fingerprint density at radius 2 is 2.17 bits per heavy atom. The molecule has 1 aromatic rings. The summed E-state index contributed by atoms with van der Waals surface area (Å²) in [5, 5.41) is 7.06. The Balaban J connectivity index is 3.00. The molecule has 0 aliphatic heterocycles. The normalized spacial score (nSPS) is 13.8. The van der Waals surface area contributed by atoms with E-state index in [-0.39, 0.29) is 10.3 Å². The molecular formula is C5H7BrF2N4. The number of alkyl halides is 2. The zero-order valence-electron chi connectivity index (χ0n) is 6.21. The van der Waals surface area contributed by atoms with Gasteiger partial charge in [0.05, 0.1) is 5.69 Å². The second kappa shape index (κ2) is 3.44. The van der Waals surface area contributed by atoms with Crippen LogP contribution in [-0.4, -0.2) is 21.4 Å². The topological polar surface area (TPSA) is 56.7 Å². The second-order valence-electron chi connectivity index (χ2n) is 2.25. The van der Waals surface area contributed by atoms with Crippen LogP contribution in [-0.2, 0) is 7.05 Å². The van der Waals surface area contributed by atoms with Crippen LogP contribution in [0.5, 0.6) is 0 Å². The van der Waals surface area contributed by atoms with Gasteiger partial charge in [0.2, 0.25) is 0 Å². The highest BCUT2D eigenvalue weighted by molar-refractivity contribution is 9.10. The van der Waals surface area contributed by atoms with Gasteiger partial charge in [0.25, 0.3) is 6.43 Å². The maximum Gasteiger partial charge on any atom is 0.259 e. The summed E-state index contributed by atoms with van der Waals surface area (Å²) in [4.78, 5) is 0. The van der Waals surface area contributed by atoms with E-state index < -0.39 is 12.5 Å². The minimum absolute atomic E-state index is 0.199. The first kappa shape index (κ1) is 9.53. The van der Waals surface area contributed by atoms with Gasteiger partial charge in [-0.25, -0.2) is 13.5 Å². The molecule has 4 nitrogen and oxygen atoms in total. The molecule has 0 saturated heterocycles. The summed E-state index contributed by atoms with van der Waals surface area (Å²) < 4.78 is 25.8. The number of nitrogens with two attached hydrogens (primary N) is 1. The predicted octanol–water partition coefficient (Wildman–Crippen LogP) is 0.842. The van der Waals surface area contributed by atoms with Crippen molar-refractivity contribution in [2.75, 3.05) is 0 Å². The fourth-order valence-corrected chi connectivity index (χ4v) is 1.40. The van der Waals surface area contributed by atoms with Crippen LogP contribution >= 0.6 is 15.9 Å². The molecule has 0 saturated carbocycles. The Bertz CT molecular complexity index is 255. The molecule has 1 atom stereocenters. The summed E-state index contributed by atoms with van der Waals surface area (Å²) in [6.07, 6.45) is -2.61. The number of hydrogen-bond donors (Lipinski definition) is 1. The van der Waals surface area contributed by atoms with Crippen LogP contribution < -0.4 is 5.73 Å². The van der Waals surface area contributed by atoms with Crippen molar-refractivity contribution in [1.29, 1.82) is 0 Å². The van der Waals surface area contributed by atoms with Crippen molar-refractivity contribution in [3.63, 3.8) is 0 Å². The monoisotopic (exact) mass is 240 g/mol. The van der Waals surface area contributed by atoms with Crippen molar-refractivity contribution < 1.29 is 8.78 Å². The zero-order chi connectivity index (χ0) is 9.30. The average Bonchev–Trinajstić information content (AvgIpc) is 2.30. The maximum absolute atomic E-state index is 12.1. The molecule has 1 heterocycles. The van der Waals surface area contributed by atoms with Gasteiger partial charge in [-0.05, 0) is 15.9 Å². The van der Waals surface area contributed by atoms with Gasteiger partial charge in [-0.1, -0.05) is 5.21 Å². The van der Waals surface area contributed by atoms with Gasteiger partial charge in [0.1, 0.15) is 6.04 Å².